The number of aryl methyl sites for hydroxylation is 1. The van der Waals surface area contributed by atoms with E-state index >= 15 is 0 Å². The van der Waals surface area contributed by atoms with Gasteiger partial charge < -0.3 is 10.6 Å². The molecule has 2 N–H and O–H groups in total. The van der Waals surface area contributed by atoms with Gasteiger partial charge >= 0.3 is 0 Å². The largest absolute Gasteiger partial charge is 0.320 e. The van der Waals surface area contributed by atoms with E-state index in [0.717, 1.165) is 29.8 Å². The molecule has 3 nitrogen and oxygen atoms in total. The number of nitrogens with zero attached hydrogens (tertiary/aromatic N) is 1. The van der Waals surface area contributed by atoms with Crippen LogP contribution in [0.25, 0.3) is 0 Å². The molecular formula is C14H16N2O. The lowest BCUT2D eigenvalue weighted by Gasteiger charge is -2.16. The number of carbonyl (C=O) groups is 1. The molecular weight excluding hydrogens is 212 g/mol. The molecule has 88 valence electrons. The number of hydrogen-bond donors (Lipinski definition) is 1. The van der Waals surface area contributed by atoms with Crippen molar-refractivity contribution in [1.82, 2.24) is 0 Å². The van der Waals surface area contributed by atoms with Crippen molar-refractivity contribution in [1.29, 1.82) is 0 Å². The first-order valence-electron chi connectivity index (χ1n) is 5.82. The van der Waals surface area contributed by atoms with Gasteiger partial charge in [-0.15, -0.1) is 0 Å². The maximum absolute atomic E-state index is 11.6. The Kier molecular flexibility index (Phi) is 3.46. The van der Waals surface area contributed by atoms with E-state index in [2.05, 4.69) is 11.8 Å². The van der Waals surface area contributed by atoms with Crippen molar-refractivity contribution < 1.29 is 4.79 Å². The fourth-order valence-corrected chi connectivity index (χ4v) is 2.02. The molecule has 17 heavy (non-hydrogen) atoms. The Hall–Kier alpha value is -1.79. The SMILES string of the molecule is Cc1cc(N2CCCC2=O)ccc1C#CCN. The molecule has 2 rings (SSSR count). The van der Waals surface area contributed by atoms with E-state index < -0.39 is 0 Å². The van der Waals surface area contributed by atoms with Crippen LogP contribution in [-0.4, -0.2) is 19.0 Å². The zero-order valence-corrected chi connectivity index (χ0v) is 9.99. The Morgan fingerprint density at radius 3 is 2.88 bits per heavy atom. The number of carbonyl (C=O) groups excluding carboxylic acids is 1. The number of anilines is 1. The van der Waals surface area contributed by atoms with Gasteiger partial charge in [0.2, 0.25) is 5.91 Å². The Morgan fingerprint density at radius 2 is 2.29 bits per heavy atom. The van der Waals surface area contributed by atoms with E-state index in [1.54, 1.807) is 0 Å². The van der Waals surface area contributed by atoms with Gasteiger partial charge in [0, 0.05) is 24.2 Å². The average Bonchev–Trinajstić information content (AvgIpc) is 2.74. The van der Waals surface area contributed by atoms with Crippen LogP contribution in [0.1, 0.15) is 24.0 Å². The lowest BCUT2D eigenvalue weighted by Crippen LogP contribution is -2.23. The summed E-state index contributed by atoms with van der Waals surface area (Å²) in [5.41, 5.74) is 8.39. The number of rotatable bonds is 1. The molecule has 1 aromatic carbocycles. The Labute approximate surface area is 102 Å². The lowest BCUT2D eigenvalue weighted by atomic mass is 10.1. The minimum absolute atomic E-state index is 0.213. The highest BCUT2D eigenvalue weighted by atomic mass is 16.2. The molecule has 0 aromatic heterocycles. The van der Waals surface area contributed by atoms with Crippen LogP contribution >= 0.6 is 0 Å². The summed E-state index contributed by atoms with van der Waals surface area (Å²) in [5.74, 6) is 6.08. The van der Waals surface area contributed by atoms with Crippen LogP contribution in [0.5, 0.6) is 0 Å². The zero-order valence-electron chi connectivity index (χ0n) is 9.99. The fraction of sp³-hybridized carbons (Fsp3) is 0.357. The van der Waals surface area contributed by atoms with Crippen molar-refractivity contribution in [3.05, 3.63) is 29.3 Å². The van der Waals surface area contributed by atoms with E-state index in [-0.39, 0.29) is 5.91 Å². The summed E-state index contributed by atoms with van der Waals surface area (Å²) in [6, 6.07) is 5.93. The van der Waals surface area contributed by atoms with Gasteiger partial charge in [0.15, 0.2) is 0 Å². The van der Waals surface area contributed by atoms with Crippen molar-refractivity contribution in [2.45, 2.75) is 19.8 Å². The first-order valence-corrected chi connectivity index (χ1v) is 5.82. The third kappa shape index (κ3) is 2.48. The van der Waals surface area contributed by atoms with Gasteiger partial charge in [0.25, 0.3) is 0 Å². The van der Waals surface area contributed by atoms with E-state index in [1.807, 2.05) is 30.0 Å². The molecule has 3 heteroatoms. The van der Waals surface area contributed by atoms with Crippen molar-refractivity contribution in [3.8, 4) is 11.8 Å². The molecule has 0 spiro atoms. The van der Waals surface area contributed by atoms with Crippen LogP contribution in [0.4, 0.5) is 5.69 Å². The molecule has 1 aromatic rings. The van der Waals surface area contributed by atoms with Gasteiger partial charge in [-0.3, -0.25) is 4.79 Å². The molecule has 0 bridgehead atoms. The fourth-order valence-electron chi connectivity index (χ4n) is 2.02. The van der Waals surface area contributed by atoms with Crippen LogP contribution in [-0.2, 0) is 4.79 Å². The highest BCUT2D eigenvalue weighted by Gasteiger charge is 2.21. The lowest BCUT2D eigenvalue weighted by molar-refractivity contribution is -0.117. The number of amides is 1. The molecule has 0 radical (unpaired) electrons. The van der Waals surface area contributed by atoms with Crippen LogP contribution in [0.2, 0.25) is 0 Å². The maximum atomic E-state index is 11.6. The Bertz CT molecular complexity index is 497. The smallest absolute Gasteiger partial charge is 0.227 e. The van der Waals surface area contributed by atoms with E-state index in [9.17, 15) is 4.79 Å². The first kappa shape index (κ1) is 11.7. The molecule has 1 aliphatic rings. The van der Waals surface area contributed by atoms with Gasteiger partial charge in [0.05, 0.1) is 6.54 Å². The molecule has 0 saturated carbocycles. The normalized spacial score (nSPS) is 14.7. The summed E-state index contributed by atoms with van der Waals surface area (Å²) in [5, 5.41) is 0. The van der Waals surface area contributed by atoms with Crippen molar-refractivity contribution >= 4 is 11.6 Å². The van der Waals surface area contributed by atoms with Gasteiger partial charge in [-0.1, -0.05) is 11.8 Å². The van der Waals surface area contributed by atoms with Crippen LogP contribution in [0.15, 0.2) is 18.2 Å². The highest BCUT2D eigenvalue weighted by Crippen LogP contribution is 2.23. The molecule has 1 amide bonds. The second kappa shape index (κ2) is 5.03. The second-order valence-electron chi connectivity index (χ2n) is 4.15. The highest BCUT2D eigenvalue weighted by molar-refractivity contribution is 5.95. The molecule has 1 heterocycles. The summed E-state index contributed by atoms with van der Waals surface area (Å²) in [6.45, 7) is 3.20. The Morgan fingerprint density at radius 1 is 1.47 bits per heavy atom. The van der Waals surface area contributed by atoms with Crippen LogP contribution < -0.4 is 10.6 Å². The first-order chi connectivity index (χ1) is 8.22. The third-order valence-electron chi connectivity index (χ3n) is 2.92. The van der Waals surface area contributed by atoms with Crippen LogP contribution in [0.3, 0.4) is 0 Å². The topological polar surface area (TPSA) is 46.3 Å². The molecule has 0 atom stereocenters. The van der Waals surface area contributed by atoms with Crippen molar-refractivity contribution in [3.63, 3.8) is 0 Å². The zero-order chi connectivity index (χ0) is 12.3. The summed E-state index contributed by atoms with van der Waals surface area (Å²) < 4.78 is 0. The third-order valence-corrected chi connectivity index (χ3v) is 2.92. The summed E-state index contributed by atoms with van der Waals surface area (Å²) in [7, 11) is 0. The van der Waals surface area contributed by atoms with Gasteiger partial charge in [-0.25, -0.2) is 0 Å². The summed E-state index contributed by atoms with van der Waals surface area (Å²) in [6.07, 6.45) is 1.61. The summed E-state index contributed by atoms with van der Waals surface area (Å²) in [4.78, 5) is 13.5. The van der Waals surface area contributed by atoms with E-state index in [0.29, 0.717) is 13.0 Å². The Balaban J connectivity index is 2.27. The van der Waals surface area contributed by atoms with E-state index in [4.69, 9.17) is 5.73 Å². The minimum Gasteiger partial charge on any atom is -0.320 e. The molecule has 1 fully saturated rings. The number of nitrogens with two attached hydrogens (primary N) is 1. The van der Waals surface area contributed by atoms with Crippen LogP contribution in [0, 0.1) is 18.8 Å². The van der Waals surface area contributed by atoms with Gasteiger partial charge in [-0.05, 0) is 37.1 Å². The quantitative estimate of drug-likeness (QED) is 0.739. The maximum Gasteiger partial charge on any atom is 0.227 e. The predicted molar refractivity (Wildman–Crippen MR) is 68.7 cm³/mol. The molecule has 0 unspecified atom stereocenters. The number of hydrogen-bond acceptors (Lipinski definition) is 2. The van der Waals surface area contributed by atoms with Crippen molar-refractivity contribution in [2.75, 3.05) is 18.0 Å². The molecule has 0 aliphatic carbocycles. The summed E-state index contributed by atoms with van der Waals surface area (Å²) >= 11 is 0. The van der Waals surface area contributed by atoms with E-state index in [1.165, 1.54) is 0 Å². The monoisotopic (exact) mass is 228 g/mol. The van der Waals surface area contributed by atoms with Crippen molar-refractivity contribution in [2.24, 2.45) is 5.73 Å². The average molecular weight is 228 g/mol. The molecule has 1 aliphatic heterocycles. The van der Waals surface area contributed by atoms with Gasteiger partial charge in [-0.2, -0.15) is 0 Å². The number of benzene rings is 1. The second-order valence-corrected chi connectivity index (χ2v) is 4.15. The minimum atomic E-state index is 0.213. The molecule has 1 saturated heterocycles. The standard InChI is InChI=1S/C14H16N2O/c1-11-10-13(16-9-3-5-14(16)17)7-6-12(11)4-2-8-15/h6-7,10H,3,5,8-9,15H2,1H3. The van der Waals surface area contributed by atoms with Gasteiger partial charge in [0.1, 0.15) is 0 Å². The predicted octanol–water partition coefficient (Wildman–Crippen LogP) is 1.43.